The Bertz CT molecular complexity index is 1610. The second-order valence-electron chi connectivity index (χ2n) is 8.94. The van der Waals surface area contributed by atoms with E-state index < -0.39 is 5.82 Å². The molecule has 6 nitrogen and oxygen atoms in total. The second kappa shape index (κ2) is 13.5. The number of allylic oxidation sites excluding steroid dienone is 5. The third-order valence-corrected chi connectivity index (χ3v) is 6.98. The van der Waals surface area contributed by atoms with Crippen LogP contribution in [0.1, 0.15) is 37.7 Å². The van der Waals surface area contributed by atoms with Crippen LogP contribution in [0, 0.1) is 29.7 Å². The number of imidazole rings is 1. The number of rotatable bonds is 10. The Morgan fingerprint density at radius 1 is 1.20 bits per heavy atom. The standard InChI is InChI=1S/C29H30F2N6S.C2H2/c1-7-18(13-19(8-2)35-17(5)16(3)4)21-15-34-29(32-6)20(26(21)31)14-25-36-22-11-12-33-28(27(22)37-25)23-9-10-24(30)38-23;1-2/h7-13,15-16,35H,2,5,14H2,1,3-4,6H3,(H,32,34)(H,36,37);1-2H/b18-7+,19-13+;. The molecule has 40 heavy (non-hydrogen) atoms. The third-order valence-electron chi connectivity index (χ3n) is 6.10. The van der Waals surface area contributed by atoms with Crippen LogP contribution < -0.4 is 10.6 Å². The summed E-state index contributed by atoms with van der Waals surface area (Å²) in [6.07, 6.45) is 16.6. The number of anilines is 1. The van der Waals surface area contributed by atoms with Gasteiger partial charge in [0, 0.05) is 48.4 Å². The molecule has 0 atom stereocenters. The minimum atomic E-state index is -0.404. The highest BCUT2D eigenvalue weighted by Crippen LogP contribution is 2.32. The van der Waals surface area contributed by atoms with Gasteiger partial charge in [0.05, 0.1) is 10.4 Å². The van der Waals surface area contributed by atoms with Crippen molar-refractivity contribution in [1.82, 2.24) is 25.3 Å². The molecular formula is C31H32F2N6S. The fraction of sp³-hybridized carbons (Fsp3) is 0.194. The Balaban J connectivity index is 0.00000216. The number of hydrogen-bond acceptors (Lipinski definition) is 6. The Morgan fingerprint density at radius 2 is 1.95 bits per heavy atom. The summed E-state index contributed by atoms with van der Waals surface area (Å²) in [5.74, 6) is 0.782. The van der Waals surface area contributed by atoms with Gasteiger partial charge in [-0.1, -0.05) is 33.1 Å². The molecule has 0 bridgehead atoms. The highest BCUT2D eigenvalue weighted by atomic mass is 32.1. The van der Waals surface area contributed by atoms with Crippen molar-refractivity contribution >= 4 is 33.8 Å². The number of thiophene rings is 1. The fourth-order valence-corrected chi connectivity index (χ4v) is 4.66. The number of nitrogens with one attached hydrogen (secondary N) is 3. The largest absolute Gasteiger partial charge is 0.373 e. The topological polar surface area (TPSA) is 78.5 Å². The molecule has 9 heteroatoms. The molecule has 0 aliphatic carbocycles. The quantitative estimate of drug-likeness (QED) is 0.139. The maximum Gasteiger partial charge on any atom is 0.177 e. The lowest BCUT2D eigenvalue weighted by molar-refractivity contribution is 0.607. The van der Waals surface area contributed by atoms with Gasteiger partial charge in [0.1, 0.15) is 28.7 Å². The van der Waals surface area contributed by atoms with Gasteiger partial charge in [0.2, 0.25) is 0 Å². The summed E-state index contributed by atoms with van der Waals surface area (Å²) < 4.78 is 29.7. The Kier molecular flexibility index (Phi) is 10.1. The van der Waals surface area contributed by atoms with E-state index in [-0.39, 0.29) is 17.5 Å². The van der Waals surface area contributed by atoms with Crippen LogP contribution in [0.3, 0.4) is 0 Å². The summed E-state index contributed by atoms with van der Waals surface area (Å²) in [7, 11) is 1.70. The molecule has 4 aromatic heterocycles. The van der Waals surface area contributed by atoms with Crippen molar-refractivity contribution in [2.24, 2.45) is 5.92 Å². The lowest BCUT2D eigenvalue weighted by Crippen LogP contribution is -2.15. The average molecular weight is 559 g/mol. The number of hydrogen-bond donors (Lipinski definition) is 3. The molecule has 0 fully saturated rings. The number of H-pyrrole nitrogens is 1. The summed E-state index contributed by atoms with van der Waals surface area (Å²) >= 11 is 1.00. The molecular weight excluding hydrogens is 526 g/mol. The van der Waals surface area contributed by atoms with Gasteiger partial charge in [-0.25, -0.2) is 14.4 Å². The monoisotopic (exact) mass is 558 g/mol. The third kappa shape index (κ3) is 6.53. The van der Waals surface area contributed by atoms with Crippen LogP contribution in [0.4, 0.5) is 14.6 Å². The summed E-state index contributed by atoms with van der Waals surface area (Å²) in [5.41, 5.74) is 4.82. The molecule has 0 saturated carbocycles. The zero-order valence-corrected chi connectivity index (χ0v) is 23.8. The highest BCUT2D eigenvalue weighted by Gasteiger charge is 2.20. The van der Waals surface area contributed by atoms with E-state index in [0.717, 1.165) is 22.6 Å². The predicted molar refractivity (Wildman–Crippen MR) is 163 cm³/mol. The first-order chi connectivity index (χ1) is 19.2. The SMILES string of the molecule is C#C.C=C/C(=C\C(=C/C)c1cnc(NC)c(Cc2nc3c(-c4ccc(F)s4)nccc3[nH]2)c1F)NC(=C)C(C)C. The van der Waals surface area contributed by atoms with Crippen molar-refractivity contribution in [3.63, 3.8) is 0 Å². The molecule has 0 saturated heterocycles. The van der Waals surface area contributed by atoms with Crippen LogP contribution in [0.2, 0.25) is 0 Å². The lowest BCUT2D eigenvalue weighted by Gasteiger charge is -2.16. The first kappa shape index (κ1) is 30.0. The van der Waals surface area contributed by atoms with Crippen molar-refractivity contribution in [2.75, 3.05) is 12.4 Å². The van der Waals surface area contributed by atoms with E-state index in [4.69, 9.17) is 4.98 Å². The van der Waals surface area contributed by atoms with Gasteiger partial charge in [0.25, 0.3) is 0 Å². The normalized spacial score (nSPS) is 11.7. The number of pyridine rings is 2. The highest BCUT2D eigenvalue weighted by molar-refractivity contribution is 7.13. The zero-order chi connectivity index (χ0) is 29.4. The van der Waals surface area contributed by atoms with E-state index in [1.165, 1.54) is 12.3 Å². The van der Waals surface area contributed by atoms with Crippen molar-refractivity contribution in [1.29, 1.82) is 0 Å². The minimum Gasteiger partial charge on any atom is -0.373 e. The van der Waals surface area contributed by atoms with Crippen LogP contribution >= 0.6 is 11.3 Å². The molecule has 0 unspecified atom stereocenters. The van der Waals surface area contributed by atoms with Crippen LogP contribution in [-0.4, -0.2) is 27.0 Å². The second-order valence-corrected chi connectivity index (χ2v) is 9.97. The number of aromatic amines is 1. The summed E-state index contributed by atoms with van der Waals surface area (Å²) in [6.45, 7) is 13.8. The van der Waals surface area contributed by atoms with Gasteiger partial charge >= 0.3 is 0 Å². The van der Waals surface area contributed by atoms with Crippen molar-refractivity contribution < 1.29 is 8.78 Å². The molecule has 0 amide bonds. The fourth-order valence-electron chi connectivity index (χ4n) is 3.93. The molecule has 0 spiro atoms. The molecule has 206 valence electrons. The predicted octanol–water partition coefficient (Wildman–Crippen LogP) is 7.47. The van der Waals surface area contributed by atoms with Crippen molar-refractivity contribution in [2.45, 2.75) is 27.2 Å². The molecule has 3 N–H and O–H groups in total. The molecule has 0 aliphatic rings. The van der Waals surface area contributed by atoms with Gasteiger partial charge in [-0.15, -0.1) is 24.2 Å². The van der Waals surface area contributed by atoms with E-state index in [1.54, 1.807) is 31.5 Å². The zero-order valence-electron chi connectivity index (χ0n) is 23.0. The lowest BCUT2D eigenvalue weighted by atomic mass is 10.0. The van der Waals surface area contributed by atoms with Crippen LogP contribution in [0.15, 0.2) is 73.4 Å². The van der Waals surface area contributed by atoms with E-state index in [0.29, 0.717) is 50.1 Å². The molecule has 4 aromatic rings. The van der Waals surface area contributed by atoms with Crippen LogP contribution in [-0.2, 0) is 6.42 Å². The van der Waals surface area contributed by atoms with E-state index in [2.05, 4.69) is 51.6 Å². The summed E-state index contributed by atoms with van der Waals surface area (Å²) in [6, 6.07) is 4.87. The molecule has 0 radical (unpaired) electrons. The smallest absolute Gasteiger partial charge is 0.177 e. The first-order valence-electron chi connectivity index (χ1n) is 12.5. The average Bonchev–Trinajstić information content (AvgIpc) is 3.58. The van der Waals surface area contributed by atoms with Crippen molar-refractivity contribution in [3.8, 4) is 23.4 Å². The minimum absolute atomic E-state index is 0.160. The van der Waals surface area contributed by atoms with Gasteiger partial charge in [-0.3, -0.25) is 4.98 Å². The van der Waals surface area contributed by atoms with Gasteiger partial charge in [-0.05, 0) is 48.8 Å². The van der Waals surface area contributed by atoms with E-state index in [9.17, 15) is 4.39 Å². The number of halogens is 2. The Labute approximate surface area is 237 Å². The van der Waals surface area contributed by atoms with E-state index in [1.807, 2.05) is 32.9 Å². The maximum absolute atomic E-state index is 16.1. The van der Waals surface area contributed by atoms with Gasteiger partial charge in [-0.2, -0.15) is 4.39 Å². The summed E-state index contributed by atoms with van der Waals surface area (Å²) in [4.78, 5) is 17.5. The first-order valence-corrected chi connectivity index (χ1v) is 13.3. The molecule has 4 rings (SSSR count). The van der Waals surface area contributed by atoms with Gasteiger partial charge < -0.3 is 15.6 Å². The number of fused-ring (bicyclic) bond motifs is 1. The maximum atomic E-state index is 16.1. The molecule has 0 aromatic carbocycles. The number of nitrogens with zero attached hydrogens (tertiary/aromatic N) is 3. The molecule has 0 aliphatic heterocycles. The molecule has 4 heterocycles. The van der Waals surface area contributed by atoms with Crippen molar-refractivity contribution in [3.05, 3.63) is 101 Å². The Hall–Kier alpha value is -4.55. The summed E-state index contributed by atoms with van der Waals surface area (Å²) in [5, 5.41) is 5.93. The van der Waals surface area contributed by atoms with Gasteiger partial charge in [0.15, 0.2) is 5.13 Å². The van der Waals surface area contributed by atoms with E-state index >= 15 is 4.39 Å². The van der Waals surface area contributed by atoms with Crippen LogP contribution in [0.5, 0.6) is 0 Å². The number of aromatic nitrogens is 4. The Morgan fingerprint density at radius 3 is 2.55 bits per heavy atom. The number of terminal acetylenes is 1. The van der Waals surface area contributed by atoms with Crippen LogP contribution in [0.25, 0.3) is 27.2 Å².